The molecule has 1 atom stereocenters. The minimum Gasteiger partial charge on any atom is -0.355 e. The van der Waals surface area contributed by atoms with E-state index in [-0.39, 0.29) is 6.04 Å². The molecule has 0 amide bonds. The van der Waals surface area contributed by atoms with Crippen molar-refractivity contribution in [3.63, 3.8) is 0 Å². The molecule has 1 unspecified atom stereocenters. The summed E-state index contributed by atoms with van der Waals surface area (Å²) in [6.07, 6.45) is 2.64. The zero-order chi connectivity index (χ0) is 18.9. The molecule has 0 spiro atoms. The Balaban J connectivity index is 1.99. The van der Waals surface area contributed by atoms with Gasteiger partial charge in [0.1, 0.15) is 12.2 Å². The summed E-state index contributed by atoms with van der Waals surface area (Å²) in [4.78, 5) is 4.69. The third-order valence-corrected chi connectivity index (χ3v) is 4.34. The predicted molar refractivity (Wildman–Crippen MR) is 108 cm³/mol. The Labute approximate surface area is 161 Å². The van der Waals surface area contributed by atoms with Gasteiger partial charge in [-0.05, 0) is 24.5 Å². The number of halogens is 1. The van der Waals surface area contributed by atoms with Crippen molar-refractivity contribution in [1.82, 2.24) is 25.4 Å². The van der Waals surface area contributed by atoms with Crippen LogP contribution in [0.15, 0.2) is 35.6 Å². The van der Waals surface area contributed by atoms with Crippen molar-refractivity contribution >= 4 is 17.6 Å². The first-order valence-corrected chi connectivity index (χ1v) is 9.55. The van der Waals surface area contributed by atoms with E-state index in [0.717, 1.165) is 48.4 Å². The molecule has 1 heterocycles. The normalized spacial score (nSPS) is 13.1. The van der Waals surface area contributed by atoms with E-state index in [9.17, 15) is 0 Å². The van der Waals surface area contributed by atoms with E-state index in [2.05, 4.69) is 53.1 Å². The molecule has 0 saturated heterocycles. The van der Waals surface area contributed by atoms with E-state index >= 15 is 0 Å². The maximum absolute atomic E-state index is 6.32. The number of benzene rings is 1. The Bertz CT molecular complexity index is 710. The van der Waals surface area contributed by atoms with Gasteiger partial charge >= 0.3 is 0 Å². The van der Waals surface area contributed by atoms with Gasteiger partial charge in [-0.15, -0.1) is 10.2 Å². The number of hydrogen-bond donors (Lipinski definition) is 2. The fourth-order valence-corrected chi connectivity index (χ4v) is 2.87. The SMILES string of the molecule is CCc1nncn1CCNC(=NCC(C)C)NC(C)c1ccccc1Cl. The van der Waals surface area contributed by atoms with Crippen LogP contribution in [0.1, 0.15) is 45.1 Å². The summed E-state index contributed by atoms with van der Waals surface area (Å²) in [6, 6.07) is 7.94. The van der Waals surface area contributed by atoms with Crippen LogP contribution in [0.2, 0.25) is 5.02 Å². The second kappa shape index (κ2) is 10.2. The summed E-state index contributed by atoms with van der Waals surface area (Å²) < 4.78 is 2.06. The maximum Gasteiger partial charge on any atom is 0.191 e. The van der Waals surface area contributed by atoms with Crippen LogP contribution in [0.5, 0.6) is 0 Å². The first kappa shape index (κ1) is 20.2. The predicted octanol–water partition coefficient (Wildman–Crippen LogP) is 3.45. The molecule has 2 rings (SSSR count). The largest absolute Gasteiger partial charge is 0.355 e. The molecule has 6 nitrogen and oxygen atoms in total. The molecule has 142 valence electrons. The van der Waals surface area contributed by atoms with Gasteiger partial charge in [-0.25, -0.2) is 0 Å². The minimum absolute atomic E-state index is 0.0585. The summed E-state index contributed by atoms with van der Waals surface area (Å²) >= 11 is 6.32. The van der Waals surface area contributed by atoms with E-state index in [1.807, 2.05) is 24.3 Å². The van der Waals surface area contributed by atoms with E-state index < -0.39 is 0 Å². The number of guanidine groups is 1. The third-order valence-electron chi connectivity index (χ3n) is 4.00. The fourth-order valence-electron chi connectivity index (χ4n) is 2.57. The van der Waals surface area contributed by atoms with Gasteiger partial charge in [-0.2, -0.15) is 0 Å². The van der Waals surface area contributed by atoms with E-state index in [1.165, 1.54) is 0 Å². The second-order valence-corrected chi connectivity index (χ2v) is 7.10. The molecule has 0 bridgehead atoms. The van der Waals surface area contributed by atoms with Crippen molar-refractivity contribution in [2.75, 3.05) is 13.1 Å². The number of aliphatic imine (C=N–C) groups is 1. The number of nitrogens with one attached hydrogen (secondary N) is 2. The molecule has 0 aliphatic heterocycles. The second-order valence-electron chi connectivity index (χ2n) is 6.69. The zero-order valence-electron chi connectivity index (χ0n) is 16.0. The molecule has 0 saturated carbocycles. The average molecular weight is 377 g/mol. The van der Waals surface area contributed by atoms with Gasteiger partial charge in [-0.1, -0.05) is 50.6 Å². The lowest BCUT2D eigenvalue weighted by molar-refractivity contribution is 0.609. The quantitative estimate of drug-likeness (QED) is 0.547. The lowest BCUT2D eigenvalue weighted by Gasteiger charge is -2.20. The summed E-state index contributed by atoms with van der Waals surface area (Å²) in [5.74, 6) is 2.27. The van der Waals surface area contributed by atoms with Crippen LogP contribution in [0.3, 0.4) is 0 Å². The number of hydrogen-bond acceptors (Lipinski definition) is 3. The van der Waals surface area contributed by atoms with Gasteiger partial charge in [0, 0.05) is 31.1 Å². The molecule has 2 N–H and O–H groups in total. The maximum atomic E-state index is 6.32. The summed E-state index contributed by atoms with van der Waals surface area (Å²) in [7, 11) is 0. The molecule has 1 aromatic carbocycles. The molecule has 0 aliphatic rings. The standard InChI is InChI=1S/C19H29ClN6/c1-5-18-25-23-13-26(18)11-10-21-19(22-12-14(2)3)24-15(4)16-8-6-7-9-17(16)20/h6-9,13-15H,5,10-12H2,1-4H3,(H2,21,22,24). The van der Waals surface area contributed by atoms with Gasteiger partial charge < -0.3 is 15.2 Å². The third kappa shape index (κ3) is 6.02. The lowest BCUT2D eigenvalue weighted by atomic mass is 10.1. The van der Waals surface area contributed by atoms with Crippen LogP contribution >= 0.6 is 11.6 Å². The van der Waals surface area contributed by atoms with Crippen LogP contribution in [0, 0.1) is 5.92 Å². The van der Waals surface area contributed by atoms with Gasteiger partial charge in [0.2, 0.25) is 0 Å². The summed E-state index contributed by atoms with van der Waals surface area (Å²) in [5.41, 5.74) is 1.06. The Morgan fingerprint density at radius 2 is 2.04 bits per heavy atom. The fraction of sp³-hybridized carbons (Fsp3) is 0.526. The molecule has 26 heavy (non-hydrogen) atoms. The van der Waals surface area contributed by atoms with Gasteiger partial charge in [0.15, 0.2) is 5.96 Å². The number of aromatic nitrogens is 3. The van der Waals surface area contributed by atoms with Gasteiger partial charge in [0.25, 0.3) is 0 Å². The molecule has 2 aromatic rings. The monoisotopic (exact) mass is 376 g/mol. The Kier molecular flexibility index (Phi) is 7.91. The highest BCUT2D eigenvalue weighted by Gasteiger charge is 2.11. The topological polar surface area (TPSA) is 67.1 Å². The van der Waals surface area contributed by atoms with Crippen LogP contribution in [-0.4, -0.2) is 33.8 Å². The molecule has 0 radical (unpaired) electrons. The highest BCUT2D eigenvalue weighted by molar-refractivity contribution is 6.31. The van der Waals surface area contributed by atoms with Crippen molar-refractivity contribution in [3.8, 4) is 0 Å². The minimum atomic E-state index is 0.0585. The van der Waals surface area contributed by atoms with E-state index in [0.29, 0.717) is 5.92 Å². The molecular weight excluding hydrogens is 348 g/mol. The highest BCUT2D eigenvalue weighted by atomic mass is 35.5. The van der Waals surface area contributed by atoms with Crippen LogP contribution in [0.4, 0.5) is 0 Å². The Morgan fingerprint density at radius 1 is 1.27 bits per heavy atom. The average Bonchev–Trinajstić information content (AvgIpc) is 3.07. The van der Waals surface area contributed by atoms with Crippen molar-refractivity contribution in [1.29, 1.82) is 0 Å². The molecular formula is C19H29ClN6. The molecule has 7 heteroatoms. The Morgan fingerprint density at radius 3 is 2.73 bits per heavy atom. The number of aryl methyl sites for hydroxylation is 1. The molecule has 1 aromatic heterocycles. The zero-order valence-corrected chi connectivity index (χ0v) is 16.8. The van der Waals surface area contributed by atoms with Crippen LogP contribution in [-0.2, 0) is 13.0 Å². The van der Waals surface area contributed by atoms with Gasteiger partial charge in [-0.3, -0.25) is 4.99 Å². The number of nitrogens with zero attached hydrogens (tertiary/aromatic N) is 4. The van der Waals surface area contributed by atoms with Crippen LogP contribution < -0.4 is 10.6 Å². The smallest absolute Gasteiger partial charge is 0.191 e. The first-order chi connectivity index (χ1) is 12.5. The summed E-state index contributed by atoms with van der Waals surface area (Å²) in [6.45, 7) is 10.8. The number of rotatable bonds is 8. The van der Waals surface area contributed by atoms with Crippen molar-refractivity contribution in [2.24, 2.45) is 10.9 Å². The molecule has 0 fully saturated rings. The first-order valence-electron chi connectivity index (χ1n) is 9.17. The van der Waals surface area contributed by atoms with Crippen molar-refractivity contribution < 1.29 is 0 Å². The van der Waals surface area contributed by atoms with Gasteiger partial charge in [0.05, 0.1) is 6.04 Å². The Hall–Kier alpha value is -2.08. The van der Waals surface area contributed by atoms with Crippen molar-refractivity contribution in [2.45, 2.75) is 46.7 Å². The molecule has 0 aliphatic carbocycles. The van der Waals surface area contributed by atoms with E-state index in [4.69, 9.17) is 16.6 Å². The lowest BCUT2D eigenvalue weighted by Crippen LogP contribution is -2.40. The van der Waals surface area contributed by atoms with E-state index in [1.54, 1.807) is 6.33 Å². The summed E-state index contributed by atoms with van der Waals surface area (Å²) in [5, 5.41) is 15.7. The highest BCUT2D eigenvalue weighted by Crippen LogP contribution is 2.21. The van der Waals surface area contributed by atoms with Crippen LogP contribution in [0.25, 0.3) is 0 Å². The van der Waals surface area contributed by atoms with Crippen molar-refractivity contribution in [3.05, 3.63) is 47.0 Å².